The van der Waals surface area contributed by atoms with Gasteiger partial charge in [-0.2, -0.15) is 0 Å². The van der Waals surface area contributed by atoms with Crippen LogP contribution < -0.4 is 5.32 Å². The molecule has 1 aliphatic rings. The van der Waals surface area contributed by atoms with Crippen LogP contribution in [0, 0.1) is 0 Å². The Kier molecular flexibility index (Phi) is 4.53. The van der Waals surface area contributed by atoms with Gasteiger partial charge in [0.15, 0.2) is 6.29 Å². The molecule has 0 aromatic carbocycles. The van der Waals surface area contributed by atoms with Crippen molar-refractivity contribution in [2.24, 2.45) is 0 Å². The Morgan fingerprint density at radius 2 is 2.29 bits per heavy atom. The van der Waals surface area contributed by atoms with Crippen molar-refractivity contribution in [2.45, 2.75) is 38.1 Å². The fraction of sp³-hybridized carbons (Fsp3) is 0.750. The largest absolute Gasteiger partial charge is 0.350 e. The highest BCUT2D eigenvalue weighted by Crippen LogP contribution is 2.18. The van der Waals surface area contributed by atoms with Gasteiger partial charge in [0.2, 0.25) is 0 Å². The van der Waals surface area contributed by atoms with Crippen LogP contribution in [-0.2, 0) is 16.0 Å². The molecule has 1 aliphatic heterocycles. The summed E-state index contributed by atoms with van der Waals surface area (Å²) in [5, 5.41) is 3.53. The van der Waals surface area contributed by atoms with Crippen molar-refractivity contribution in [2.75, 3.05) is 20.8 Å². The Balaban J connectivity index is 2.02. The minimum atomic E-state index is -0.332. The standard InChI is InChI=1S/C12H21N3O2/c1-16-12(17-2)11-7-13-9-15(11)8-10-5-3-4-6-14-10/h7,9-10,12,14H,3-6,8H2,1-2H3. The van der Waals surface area contributed by atoms with E-state index in [-0.39, 0.29) is 6.29 Å². The van der Waals surface area contributed by atoms with Crippen LogP contribution in [0.1, 0.15) is 31.2 Å². The Morgan fingerprint density at radius 1 is 1.47 bits per heavy atom. The zero-order chi connectivity index (χ0) is 12.1. The maximum absolute atomic E-state index is 5.27. The van der Waals surface area contributed by atoms with Crippen LogP contribution in [0.2, 0.25) is 0 Å². The Labute approximate surface area is 102 Å². The summed E-state index contributed by atoms with van der Waals surface area (Å²) in [5.74, 6) is 0. The fourth-order valence-corrected chi connectivity index (χ4v) is 2.33. The number of hydrogen-bond donors (Lipinski definition) is 1. The molecule has 2 rings (SSSR count). The molecule has 1 saturated heterocycles. The van der Waals surface area contributed by atoms with Crippen molar-refractivity contribution in [3.05, 3.63) is 18.2 Å². The highest BCUT2D eigenvalue weighted by molar-refractivity contribution is 5.01. The molecule has 0 aliphatic carbocycles. The lowest BCUT2D eigenvalue weighted by molar-refractivity contribution is -0.110. The zero-order valence-corrected chi connectivity index (χ0v) is 10.6. The average Bonchev–Trinajstić information content (AvgIpc) is 2.81. The second kappa shape index (κ2) is 6.14. The number of imidazole rings is 1. The van der Waals surface area contributed by atoms with E-state index in [1.54, 1.807) is 20.4 Å². The lowest BCUT2D eigenvalue weighted by Crippen LogP contribution is -2.37. The van der Waals surface area contributed by atoms with E-state index in [0.717, 1.165) is 18.8 Å². The lowest BCUT2D eigenvalue weighted by Gasteiger charge is -2.25. The van der Waals surface area contributed by atoms with Crippen LogP contribution >= 0.6 is 0 Å². The maximum Gasteiger partial charge on any atom is 0.200 e. The third kappa shape index (κ3) is 3.06. The maximum atomic E-state index is 5.27. The Bertz CT molecular complexity index is 330. The van der Waals surface area contributed by atoms with E-state index in [1.165, 1.54) is 19.3 Å². The van der Waals surface area contributed by atoms with E-state index in [2.05, 4.69) is 14.9 Å². The molecular weight excluding hydrogens is 218 g/mol. The Hall–Kier alpha value is -0.910. The van der Waals surface area contributed by atoms with Gasteiger partial charge in [-0.25, -0.2) is 4.98 Å². The molecule has 5 heteroatoms. The topological polar surface area (TPSA) is 48.3 Å². The first-order valence-electron chi connectivity index (χ1n) is 6.14. The molecule has 0 amide bonds. The van der Waals surface area contributed by atoms with E-state index in [4.69, 9.17) is 9.47 Å². The van der Waals surface area contributed by atoms with E-state index < -0.39 is 0 Å². The molecule has 1 aromatic heterocycles. The minimum Gasteiger partial charge on any atom is -0.350 e. The molecular formula is C12H21N3O2. The summed E-state index contributed by atoms with van der Waals surface area (Å²) in [4.78, 5) is 4.18. The van der Waals surface area contributed by atoms with Crippen molar-refractivity contribution in [1.82, 2.24) is 14.9 Å². The van der Waals surface area contributed by atoms with Gasteiger partial charge in [0.1, 0.15) is 0 Å². The lowest BCUT2D eigenvalue weighted by atomic mass is 10.1. The van der Waals surface area contributed by atoms with E-state index >= 15 is 0 Å². The second-order valence-corrected chi connectivity index (χ2v) is 4.42. The van der Waals surface area contributed by atoms with Gasteiger partial charge in [0, 0.05) is 26.8 Å². The number of piperidine rings is 1. The average molecular weight is 239 g/mol. The summed E-state index contributed by atoms with van der Waals surface area (Å²) < 4.78 is 12.7. The molecule has 96 valence electrons. The van der Waals surface area contributed by atoms with Crippen molar-refractivity contribution < 1.29 is 9.47 Å². The third-order valence-electron chi connectivity index (χ3n) is 3.24. The quantitative estimate of drug-likeness (QED) is 0.787. The second-order valence-electron chi connectivity index (χ2n) is 4.42. The molecule has 0 radical (unpaired) electrons. The summed E-state index contributed by atoms with van der Waals surface area (Å²) in [6.45, 7) is 2.05. The predicted molar refractivity (Wildman–Crippen MR) is 64.6 cm³/mol. The SMILES string of the molecule is COC(OC)c1cncn1CC1CCCCN1. The van der Waals surface area contributed by atoms with Gasteiger partial charge in [-0.3, -0.25) is 0 Å². The molecule has 0 spiro atoms. The van der Waals surface area contributed by atoms with Gasteiger partial charge in [-0.15, -0.1) is 0 Å². The van der Waals surface area contributed by atoms with Crippen molar-refractivity contribution in [3.63, 3.8) is 0 Å². The molecule has 2 heterocycles. The molecule has 1 fully saturated rings. The molecule has 1 N–H and O–H groups in total. The number of nitrogens with zero attached hydrogens (tertiary/aromatic N) is 2. The normalized spacial score (nSPS) is 21.0. The van der Waals surface area contributed by atoms with Crippen molar-refractivity contribution in [3.8, 4) is 0 Å². The first kappa shape index (κ1) is 12.5. The molecule has 1 atom stereocenters. The summed E-state index contributed by atoms with van der Waals surface area (Å²) in [6, 6.07) is 0.533. The van der Waals surface area contributed by atoms with Gasteiger partial charge in [-0.1, -0.05) is 6.42 Å². The first-order valence-corrected chi connectivity index (χ1v) is 6.14. The van der Waals surface area contributed by atoms with Crippen LogP contribution in [0.5, 0.6) is 0 Å². The molecule has 1 unspecified atom stereocenters. The summed E-state index contributed by atoms with van der Waals surface area (Å²) in [6.07, 6.45) is 7.13. The highest BCUT2D eigenvalue weighted by atomic mass is 16.7. The van der Waals surface area contributed by atoms with Gasteiger partial charge < -0.3 is 19.4 Å². The van der Waals surface area contributed by atoms with Crippen LogP contribution in [-0.4, -0.2) is 36.4 Å². The number of aromatic nitrogens is 2. The minimum absolute atomic E-state index is 0.332. The summed E-state index contributed by atoms with van der Waals surface area (Å²) in [5.41, 5.74) is 0.974. The van der Waals surface area contributed by atoms with Crippen LogP contribution in [0.3, 0.4) is 0 Å². The van der Waals surface area contributed by atoms with Gasteiger partial charge in [0.25, 0.3) is 0 Å². The van der Waals surface area contributed by atoms with Crippen LogP contribution in [0.25, 0.3) is 0 Å². The van der Waals surface area contributed by atoms with Gasteiger partial charge in [0.05, 0.1) is 18.2 Å². The van der Waals surface area contributed by atoms with Gasteiger partial charge in [-0.05, 0) is 19.4 Å². The smallest absolute Gasteiger partial charge is 0.200 e. The number of ether oxygens (including phenoxy) is 2. The number of nitrogens with one attached hydrogen (secondary N) is 1. The predicted octanol–water partition coefficient (Wildman–Crippen LogP) is 1.32. The summed E-state index contributed by atoms with van der Waals surface area (Å²) in [7, 11) is 3.29. The molecule has 17 heavy (non-hydrogen) atoms. The van der Waals surface area contributed by atoms with Crippen molar-refractivity contribution >= 4 is 0 Å². The first-order chi connectivity index (χ1) is 8.35. The van der Waals surface area contributed by atoms with Crippen molar-refractivity contribution in [1.29, 1.82) is 0 Å². The molecule has 1 aromatic rings. The van der Waals surface area contributed by atoms with Crippen LogP contribution in [0.15, 0.2) is 12.5 Å². The monoisotopic (exact) mass is 239 g/mol. The number of rotatable bonds is 5. The van der Waals surface area contributed by atoms with Crippen LogP contribution in [0.4, 0.5) is 0 Å². The zero-order valence-electron chi connectivity index (χ0n) is 10.6. The molecule has 5 nitrogen and oxygen atoms in total. The Morgan fingerprint density at radius 3 is 2.94 bits per heavy atom. The fourth-order valence-electron chi connectivity index (χ4n) is 2.33. The van der Waals surface area contributed by atoms with Gasteiger partial charge >= 0.3 is 0 Å². The molecule has 0 bridgehead atoms. The summed E-state index contributed by atoms with van der Waals surface area (Å²) >= 11 is 0. The van der Waals surface area contributed by atoms with E-state index in [1.807, 2.05) is 6.33 Å². The number of methoxy groups -OCH3 is 2. The van der Waals surface area contributed by atoms with E-state index in [0.29, 0.717) is 6.04 Å². The van der Waals surface area contributed by atoms with E-state index in [9.17, 15) is 0 Å². The number of hydrogen-bond acceptors (Lipinski definition) is 4. The highest BCUT2D eigenvalue weighted by Gasteiger charge is 2.18. The third-order valence-corrected chi connectivity index (χ3v) is 3.24. The molecule has 0 saturated carbocycles.